The van der Waals surface area contributed by atoms with Gasteiger partial charge in [-0.2, -0.15) is 0 Å². The zero-order valence-electron chi connectivity index (χ0n) is 15.2. The van der Waals surface area contributed by atoms with Crippen molar-refractivity contribution in [3.05, 3.63) is 72.7 Å². The third-order valence-electron chi connectivity index (χ3n) is 3.84. The number of hydrogen-bond acceptors (Lipinski definition) is 5. The van der Waals surface area contributed by atoms with E-state index in [1.54, 1.807) is 18.2 Å². The molecule has 3 rings (SSSR count). The van der Waals surface area contributed by atoms with Crippen molar-refractivity contribution in [2.45, 2.75) is 19.8 Å². The number of anilines is 2. The highest BCUT2D eigenvalue weighted by Gasteiger charge is 2.12. The first-order valence-electron chi connectivity index (χ1n) is 8.95. The van der Waals surface area contributed by atoms with Crippen LogP contribution in [0.5, 0.6) is 11.5 Å². The van der Waals surface area contributed by atoms with E-state index in [1.807, 2.05) is 42.5 Å². The van der Waals surface area contributed by atoms with Crippen LogP contribution >= 0.6 is 0 Å². The summed E-state index contributed by atoms with van der Waals surface area (Å²) in [5.74, 6) is 1.58. The van der Waals surface area contributed by atoms with E-state index in [0.29, 0.717) is 28.7 Å². The van der Waals surface area contributed by atoms with Gasteiger partial charge in [-0.25, -0.2) is 9.97 Å². The molecule has 3 aromatic rings. The lowest BCUT2D eigenvalue weighted by Gasteiger charge is -2.12. The fourth-order valence-electron chi connectivity index (χ4n) is 2.43. The summed E-state index contributed by atoms with van der Waals surface area (Å²) in [7, 11) is 0. The van der Waals surface area contributed by atoms with Crippen LogP contribution < -0.4 is 15.4 Å². The Morgan fingerprint density at radius 2 is 1.81 bits per heavy atom. The Bertz CT molecular complexity index is 884. The summed E-state index contributed by atoms with van der Waals surface area (Å²) in [5.41, 5.74) is 0.865. The minimum absolute atomic E-state index is 0.290. The van der Waals surface area contributed by atoms with Crippen LogP contribution in [0.15, 0.2) is 67.0 Å². The highest BCUT2D eigenvalue weighted by Crippen LogP contribution is 2.29. The molecule has 0 radical (unpaired) electrons. The number of carbonyl (C=O) groups is 1. The standard InChI is InChI=1S/C21H22N4O2/c1-2-3-13-22-20-14-18(23-15-24-20)21(26)25-17-11-7-8-12-19(17)27-16-9-5-4-6-10-16/h4-12,14-15H,2-3,13H2,1H3,(H,25,26)(H,22,23,24). The number of aromatic nitrogens is 2. The summed E-state index contributed by atoms with van der Waals surface area (Å²) in [6.45, 7) is 2.93. The summed E-state index contributed by atoms with van der Waals surface area (Å²) in [6, 6.07) is 18.4. The lowest BCUT2D eigenvalue weighted by molar-refractivity contribution is 0.102. The quantitative estimate of drug-likeness (QED) is 0.566. The molecule has 1 amide bonds. The molecule has 0 fully saturated rings. The van der Waals surface area contributed by atoms with E-state index in [9.17, 15) is 4.79 Å². The molecule has 6 nitrogen and oxygen atoms in total. The molecule has 0 atom stereocenters. The van der Waals surface area contributed by atoms with E-state index < -0.39 is 0 Å². The first-order chi connectivity index (χ1) is 13.3. The minimum Gasteiger partial charge on any atom is -0.455 e. The van der Waals surface area contributed by atoms with Crippen LogP contribution in [0.2, 0.25) is 0 Å². The van der Waals surface area contributed by atoms with Gasteiger partial charge in [-0.05, 0) is 30.7 Å². The number of hydrogen-bond donors (Lipinski definition) is 2. The van der Waals surface area contributed by atoms with Gasteiger partial charge >= 0.3 is 0 Å². The van der Waals surface area contributed by atoms with Gasteiger partial charge in [0.25, 0.3) is 5.91 Å². The van der Waals surface area contributed by atoms with E-state index in [1.165, 1.54) is 6.33 Å². The third kappa shape index (κ3) is 5.28. The zero-order valence-corrected chi connectivity index (χ0v) is 15.2. The maximum Gasteiger partial charge on any atom is 0.274 e. The van der Waals surface area contributed by atoms with E-state index in [4.69, 9.17) is 4.74 Å². The van der Waals surface area contributed by atoms with Crippen LogP contribution in [0, 0.1) is 0 Å². The molecule has 0 saturated carbocycles. The zero-order chi connectivity index (χ0) is 18.9. The first kappa shape index (κ1) is 18.4. The number of nitrogens with zero attached hydrogens (tertiary/aromatic N) is 2. The van der Waals surface area contributed by atoms with Gasteiger partial charge in [0.1, 0.15) is 23.6 Å². The van der Waals surface area contributed by atoms with Crippen molar-refractivity contribution in [1.82, 2.24) is 9.97 Å². The molecule has 1 aromatic heterocycles. The largest absolute Gasteiger partial charge is 0.455 e. The minimum atomic E-state index is -0.319. The molecule has 1 heterocycles. The van der Waals surface area contributed by atoms with E-state index in [2.05, 4.69) is 27.5 Å². The lowest BCUT2D eigenvalue weighted by Crippen LogP contribution is -2.15. The Labute approximate surface area is 158 Å². The number of rotatable bonds is 8. The van der Waals surface area contributed by atoms with Crippen molar-refractivity contribution < 1.29 is 9.53 Å². The number of para-hydroxylation sites is 3. The van der Waals surface area contributed by atoms with Crippen molar-refractivity contribution >= 4 is 17.4 Å². The van der Waals surface area contributed by atoms with Gasteiger partial charge < -0.3 is 15.4 Å². The fourth-order valence-corrected chi connectivity index (χ4v) is 2.43. The number of unbranched alkanes of at least 4 members (excludes halogenated alkanes) is 1. The summed E-state index contributed by atoms with van der Waals surface area (Å²) in [4.78, 5) is 20.8. The van der Waals surface area contributed by atoms with E-state index in [0.717, 1.165) is 19.4 Å². The van der Waals surface area contributed by atoms with Crippen molar-refractivity contribution in [3.8, 4) is 11.5 Å². The van der Waals surface area contributed by atoms with Gasteiger partial charge in [-0.15, -0.1) is 0 Å². The van der Waals surface area contributed by atoms with Crippen LogP contribution in [0.1, 0.15) is 30.3 Å². The Morgan fingerprint density at radius 1 is 1.04 bits per heavy atom. The molecule has 0 unspecified atom stereocenters. The predicted molar refractivity (Wildman–Crippen MR) is 106 cm³/mol. The van der Waals surface area contributed by atoms with Gasteiger partial charge in [-0.1, -0.05) is 43.7 Å². The number of carbonyl (C=O) groups excluding carboxylic acids is 1. The Morgan fingerprint density at radius 3 is 2.63 bits per heavy atom. The highest BCUT2D eigenvalue weighted by molar-refractivity contribution is 6.04. The number of benzene rings is 2. The first-order valence-corrected chi connectivity index (χ1v) is 8.95. The monoisotopic (exact) mass is 362 g/mol. The van der Waals surface area contributed by atoms with Gasteiger partial charge in [-0.3, -0.25) is 4.79 Å². The summed E-state index contributed by atoms with van der Waals surface area (Å²) in [6.07, 6.45) is 3.51. The van der Waals surface area contributed by atoms with Crippen molar-refractivity contribution in [2.75, 3.05) is 17.2 Å². The Balaban J connectivity index is 1.72. The average Bonchev–Trinajstić information content (AvgIpc) is 2.71. The second-order valence-corrected chi connectivity index (χ2v) is 5.93. The van der Waals surface area contributed by atoms with Gasteiger partial charge in [0, 0.05) is 12.6 Å². The molecule has 6 heteroatoms. The second kappa shape index (κ2) is 9.33. The molecule has 0 aliphatic carbocycles. The molecule has 2 aromatic carbocycles. The molecule has 0 aliphatic heterocycles. The SMILES string of the molecule is CCCCNc1cc(C(=O)Nc2ccccc2Oc2ccccc2)ncn1. The topological polar surface area (TPSA) is 76.1 Å². The third-order valence-corrected chi connectivity index (χ3v) is 3.84. The van der Waals surface area contributed by atoms with Gasteiger partial charge in [0.05, 0.1) is 5.69 Å². The maximum absolute atomic E-state index is 12.6. The number of amides is 1. The maximum atomic E-state index is 12.6. The fraction of sp³-hybridized carbons (Fsp3) is 0.190. The summed E-state index contributed by atoms with van der Waals surface area (Å²) >= 11 is 0. The van der Waals surface area contributed by atoms with Crippen LogP contribution in [0.25, 0.3) is 0 Å². The summed E-state index contributed by atoms with van der Waals surface area (Å²) in [5, 5.41) is 6.05. The van der Waals surface area contributed by atoms with E-state index in [-0.39, 0.29) is 5.91 Å². The molecule has 27 heavy (non-hydrogen) atoms. The Kier molecular flexibility index (Phi) is 6.35. The van der Waals surface area contributed by atoms with Crippen molar-refractivity contribution in [1.29, 1.82) is 0 Å². The van der Waals surface area contributed by atoms with Crippen molar-refractivity contribution in [2.24, 2.45) is 0 Å². The van der Waals surface area contributed by atoms with Crippen LogP contribution in [0.3, 0.4) is 0 Å². The normalized spacial score (nSPS) is 10.3. The lowest BCUT2D eigenvalue weighted by atomic mass is 10.2. The molecule has 0 bridgehead atoms. The van der Waals surface area contributed by atoms with Crippen LogP contribution in [0.4, 0.5) is 11.5 Å². The Hall–Kier alpha value is -3.41. The molecule has 0 spiro atoms. The molecular formula is C21H22N4O2. The smallest absolute Gasteiger partial charge is 0.274 e. The van der Waals surface area contributed by atoms with Crippen LogP contribution in [-0.4, -0.2) is 22.4 Å². The van der Waals surface area contributed by atoms with Crippen LogP contribution in [-0.2, 0) is 0 Å². The summed E-state index contributed by atoms with van der Waals surface area (Å²) < 4.78 is 5.88. The predicted octanol–water partition coefficient (Wildman–Crippen LogP) is 4.73. The molecule has 0 aliphatic rings. The molecule has 2 N–H and O–H groups in total. The molecular weight excluding hydrogens is 340 g/mol. The van der Waals surface area contributed by atoms with Gasteiger partial charge in [0.15, 0.2) is 5.75 Å². The van der Waals surface area contributed by atoms with E-state index >= 15 is 0 Å². The number of ether oxygens (including phenoxy) is 1. The number of nitrogens with one attached hydrogen (secondary N) is 2. The van der Waals surface area contributed by atoms with Crippen molar-refractivity contribution in [3.63, 3.8) is 0 Å². The molecule has 138 valence electrons. The average molecular weight is 362 g/mol. The second-order valence-electron chi connectivity index (χ2n) is 5.93. The molecule has 0 saturated heterocycles. The highest BCUT2D eigenvalue weighted by atomic mass is 16.5. The van der Waals surface area contributed by atoms with Gasteiger partial charge in [0.2, 0.25) is 0 Å².